The second-order valence-electron chi connectivity index (χ2n) is 5.57. The van der Waals surface area contributed by atoms with Crippen molar-refractivity contribution in [1.82, 2.24) is 4.98 Å². The van der Waals surface area contributed by atoms with E-state index < -0.39 is 6.36 Å². The van der Waals surface area contributed by atoms with Crippen LogP contribution in [0.25, 0.3) is 10.9 Å². The molecule has 3 nitrogen and oxygen atoms in total. The quantitative estimate of drug-likeness (QED) is 0.638. The molecule has 0 saturated carbocycles. The average Bonchev–Trinajstić information content (AvgIpc) is 2.59. The van der Waals surface area contributed by atoms with Gasteiger partial charge in [0.25, 0.3) is 0 Å². The standard InChI is InChI=1S/C19H17F3N2O/c1-2-24(13-14-6-4-3-5-7-14)18-11-8-15-12-16(25-19(20,21)22)9-10-17(15)23-18/h3-12H,2,13H2,1H3. The number of aromatic nitrogens is 1. The highest BCUT2D eigenvalue weighted by atomic mass is 19.4. The van der Waals surface area contributed by atoms with Gasteiger partial charge in [-0.1, -0.05) is 30.3 Å². The molecule has 0 aliphatic heterocycles. The van der Waals surface area contributed by atoms with Crippen LogP contribution in [0.2, 0.25) is 0 Å². The van der Waals surface area contributed by atoms with Gasteiger partial charge in [0.2, 0.25) is 0 Å². The van der Waals surface area contributed by atoms with Crippen LogP contribution in [0, 0.1) is 0 Å². The minimum Gasteiger partial charge on any atom is -0.406 e. The molecule has 0 N–H and O–H groups in total. The van der Waals surface area contributed by atoms with E-state index >= 15 is 0 Å². The first-order valence-corrected chi connectivity index (χ1v) is 7.90. The largest absolute Gasteiger partial charge is 0.573 e. The molecule has 0 spiro atoms. The fraction of sp³-hybridized carbons (Fsp3) is 0.211. The summed E-state index contributed by atoms with van der Waals surface area (Å²) in [5.74, 6) is 0.537. The van der Waals surface area contributed by atoms with E-state index in [2.05, 4.69) is 14.6 Å². The Morgan fingerprint density at radius 2 is 1.76 bits per heavy atom. The number of anilines is 1. The van der Waals surface area contributed by atoms with E-state index in [9.17, 15) is 13.2 Å². The van der Waals surface area contributed by atoms with Gasteiger partial charge in [-0.15, -0.1) is 13.2 Å². The van der Waals surface area contributed by atoms with Crippen LogP contribution in [-0.4, -0.2) is 17.9 Å². The number of fused-ring (bicyclic) bond motifs is 1. The van der Waals surface area contributed by atoms with Gasteiger partial charge in [-0.25, -0.2) is 4.98 Å². The monoisotopic (exact) mass is 346 g/mol. The summed E-state index contributed by atoms with van der Waals surface area (Å²) in [6, 6.07) is 17.8. The van der Waals surface area contributed by atoms with Crippen molar-refractivity contribution in [3.8, 4) is 5.75 Å². The maximum Gasteiger partial charge on any atom is 0.573 e. The summed E-state index contributed by atoms with van der Waals surface area (Å²) in [4.78, 5) is 6.68. The minimum absolute atomic E-state index is 0.244. The van der Waals surface area contributed by atoms with Crippen LogP contribution >= 0.6 is 0 Å². The van der Waals surface area contributed by atoms with E-state index in [1.807, 2.05) is 43.3 Å². The predicted molar refractivity (Wildman–Crippen MR) is 91.6 cm³/mol. The predicted octanol–water partition coefficient (Wildman–Crippen LogP) is 5.16. The Labute approximate surface area is 143 Å². The van der Waals surface area contributed by atoms with E-state index in [1.54, 1.807) is 6.07 Å². The van der Waals surface area contributed by atoms with E-state index in [0.717, 1.165) is 12.4 Å². The van der Waals surface area contributed by atoms with Crippen LogP contribution in [0.3, 0.4) is 0 Å². The molecule has 0 unspecified atom stereocenters. The van der Waals surface area contributed by atoms with Gasteiger partial charge in [0, 0.05) is 18.5 Å². The highest BCUT2D eigenvalue weighted by Crippen LogP contribution is 2.27. The van der Waals surface area contributed by atoms with E-state index in [0.29, 0.717) is 17.4 Å². The molecule has 0 aliphatic rings. The van der Waals surface area contributed by atoms with Gasteiger partial charge in [0.05, 0.1) is 5.52 Å². The van der Waals surface area contributed by atoms with E-state index in [4.69, 9.17) is 0 Å². The Morgan fingerprint density at radius 1 is 1.00 bits per heavy atom. The zero-order chi connectivity index (χ0) is 17.9. The first-order valence-electron chi connectivity index (χ1n) is 7.90. The number of benzene rings is 2. The second kappa shape index (κ2) is 7.01. The maximum absolute atomic E-state index is 12.3. The molecule has 0 bridgehead atoms. The molecular formula is C19H17F3N2O. The molecule has 0 amide bonds. The fourth-order valence-electron chi connectivity index (χ4n) is 2.62. The van der Waals surface area contributed by atoms with Crippen molar-refractivity contribution in [2.24, 2.45) is 0 Å². The van der Waals surface area contributed by atoms with Gasteiger partial charge in [-0.05, 0) is 42.8 Å². The summed E-state index contributed by atoms with van der Waals surface area (Å²) in [6.07, 6.45) is -4.70. The number of hydrogen-bond donors (Lipinski definition) is 0. The highest BCUT2D eigenvalue weighted by molar-refractivity contribution is 5.81. The maximum atomic E-state index is 12.3. The number of halogens is 3. The van der Waals surface area contributed by atoms with Gasteiger partial charge >= 0.3 is 6.36 Å². The van der Waals surface area contributed by atoms with Crippen LogP contribution in [0.15, 0.2) is 60.7 Å². The fourth-order valence-corrected chi connectivity index (χ4v) is 2.62. The number of rotatable bonds is 5. The molecular weight excluding hydrogens is 329 g/mol. The Morgan fingerprint density at radius 3 is 2.44 bits per heavy atom. The molecule has 1 aromatic heterocycles. The van der Waals surface area contributed by atoms with Gasteiger partial charge < -0.3 is 9.64 Å². The lowest BCUT2D eigenvalue weighted by Crippen LogP contribution is -2.23. The smallest absolute Gasteiger partial charge is 0.406 e. The molecule has 0 aliphatic carbocycles. The Hall–Kier alpha value is -2.76. The van der Waals surface area contributed by atoms with E-state index in [1.165, 1.54) is 23.8 Å². The number of pyridine rings is 1. The summed E-state index contributed by atoms with van der Waals surface area (Å²) in [5, 5.41) is 0.598. The van der Waals surface area contributed by atoms with Crippen LogP contribution in [0.1, 0.15) is 12.5 Å². The molecule has 0 radical (unpaired) electrons. The van der Waals surface area contributed by atoms with Crippen LogP contribution < -0.4 is 9.64 Å². The summed E-state index contributed by atoms with van der Waals surface area (Å²) in [6.45, 7) is 3.52. The van der Waals surface area contributed by atoms with Crippen molar-refractivity contribution in [1.29, 1.82) is 0 Å². The Bertz CT molecular complexity index is 850. The molecule has 130 valence electrons. The van der Waals surface area contributed by atoms with Crippen LogP contribution in [-0.2, 0) is 6.54 Å². The summed E-state index contributed by atoms with van der Waals surface area (Å²) in [7, 11) is 0. The van der Waals surface area contributed by atoms with Crippen molar-refractivity contribution < 1.29 is 17.9 Å². The topological polar surface area (TPSA) is 25.4 Å². The first kappa shape index (κ1) is 17.1. The zero-order valence-corrected chi connectivity index (χ0v) is 13.6. The third-order valence-corrected chi connectivity index (χ3v) is 3.80. The van der Waals surface area contributed by atoms with Gasteiger partial charge in [0.1, 0.15) is 11.6 Å². The molecule has 3 rings (SSSR count). The lowest BCUT2D eigenvalue weighted by molar-refractivity contribution is -0.274. The van der Waals surface area contributed by atoms with E-state index in [-0.39, 0.29) is 5.75 Å². The molecule has 3 aromatic rings. The third-order valence-electron chi connectivity index (χ3n) is 3.80. The SMILES string of the molecule is CCN(Cc1ccccc1)c1ccc2cc(OC(F)(F)F)ccc2n1. The Balaban J connectivity index is 1.85. The zero-order valence-electron chi connectivity index (χ0n) is 13.6. The van der Waals surface area contributed by atoms with Crippen molar-refractivity contribution in [2.75, 3.05) is 11.4 Å². The number of hydrogen-bond acceptors (Lipinski definition) is 3. The number of nitrogens with zero attached hydrogens (tertiary/aromatic N) is 2. The van der Waals surface area contributed by atoms with Gasteiger partial charge in [-0.3, -0.25) is 0 Å². The molecule has 0 fully saturated rings. The molecule has 2 aromatic carbocycles. The third kappa shape index (κ3) is 4.41. The first-order chi connectivity index (χ1) is 11.9. The Kier molecular flexibility index (Phi) is 4.79. The molecule has 0 atom stereocenters. The second-order valence-corrected chi connectivity index (χ2v) is 5.57. The summed E-state index contributed by atoms with van der Waals surface area (Å²) >= 11 is 0. The molecule has 1 heterocycles. The molecule has 25 heavy (non-hydrogen) atoms. The summed E-state index contributed by atoms with van der Waals surface area (Å²) in [5.41, 5.74) is 1.79. The lowest BCUT2D eigenvalue weighted by Gasteiger charge is -2.22. The van der Waals surface area contributed by atoms with Crippen molar-refractivity contribution in [3.05, 3.63) is 66.2 Å². The van der Waals surface area contributed by atoms with Crippen molar-refractivity contribution in [2.45, 2.75) is 19.8 Å². The molecule has 0 saturated heterocycles. The normalized spacial score (nSPS) is 11.5. The minimum atomic E-state index is -4.70. The van der Waals surface area contributed by atoms with Crippen molar-refractivity contribution in [3.63, 3.8) is 0 Å². The van der Waals surface area contributed by atoms with Crippen molar-refractivity contribution >= 4 is 16.7 Å². The van der Waals surface area contributed by atoms with Crippen LogP contribution in [0.4, 0.5) is 19.0 Å². The van der Waals surface area contributed by atoms with Crippen LogP contribution in [0.5, 0.6) is 5.75 Å². The van der Waals surface area contributed by atoms with Gasteiger partial charge in [-0.2, -0.15) is 0 Å². The lowest BCUT2D eigenvalue weighted by atomic mass is 10.2. The number of ether oxygens (including phenoxy) is 1. The summed E-state index contributed by atoms with van der Waals surface area (Å²) < 4.78 is 40.9. The average molecular weight is 346 g/mol. The van der Waals surface area contributed by atoms with Gasteiger partial charge in [0.15, 0.2) is 0 Å². The number of alkyl halides is 3. The highest BCUT2D eigenvalue weighted by Gasteiger charge is 2.31. The molecule has 6 heteroatoms.